The minimum atomic E-state index is -1.11. The molecule has 1 fully saturated rings. The van der Waals surface area contributed by atoms with Crippen LogP contribution < -0.4 is 5.32 Å². The third kappa shape index (κ3) is 3.15. The Morgan fingerprint density at radius 2 is 2.00 bits per heavy atom. The number of carbonyl (C=O) groups is 2. The summed E-state index contributed by atoms with van der Waals surface area (Å²) in [6.07, 6.45) is 1.45. The summed E-state index contributed by atoms with van der Waals surface area (Å²) < 4.78 is 0. The zero-order valence-corrected chi connectivity index (χ0v) is 14.7. The summed E-state index contributed by atoms with van der Waals surface area (Å²) in [5.74, 6) is -1.06. The molecule has 3 N–H and O–H groups in total. The largest absolute Gasteiger partial charge is 0.478 e. The van der Waals surface area contributed by atoms with Crippen molar-refractivity contribution in [3.05, 3.63) is 58.6 Å². The van der Waals surface area contributed by atoms with Gasteiger partial charge < -0.3 is 10.4 Å². The molecule has 0 spiro atoms. The maximum absolute atomic E-state index is 12.9. The molecule has 1 aliphatic carbocycles. The number of rotatable bonds is 5. The number of H-pyrrole nitrogens is 1. The summed E-state index contributed by atoms with van der Waals surface area (Å²) in [5, 5.41) is 26.1. The van der Waals surface area contributed by atoms with Crippen molar-refractivity contribution in [2.24, 2.45) is 0 Å². The first-order valence-electron chi connectivity index (χ1n) is 8.18. The molecule has 0 bridgehead atoms. The summed E-state index contributed by atoms with van der Waals surface area (Å²) in [6, 6.07) is 11.8. The molecule has 0 radical (unpaired) electrons. The van der Waals surface area contributed by atoms with Crippen molar-refractivity contribution in [3.63, 3.8) is 0 Å². The number of halogens is 1. The molecule has 1 aliphatic rings. The van der Waals surface area contributed by atoms with Crippen molar-refractivity contribution in [3.8, 4) is 11.4 Å². The first-order valence-corrected chi connectivity index (χ1v) is 8.56. The van der Waals surface area contributed by atoms with Crippen LogP contribution in [0.2, 0.25) is 5.02 Å². The van der Waals surface area contributed by atoms with Gasteiger partial charge in [-0.2, -0.15) is 0 Å². The van der Waals surface area contributed by atoms with Crippen LogP contribution >= 0.6 is 11.6 Å². The second-order valence-corrected chi connectivity index (χ2v) is 6.80. The first-order chi connectivity index (χ1) is 13.0. The van der Waals surface area contributed by atoms with E-state index in [9.17, 15) is 14.7 Å². The molecule has 136 valence electrons. The van der Waals surface area contributed by atoms with Gasteiger partial charge in [-0.25, -0.2) is 9.89 Å². The normalized spacial score (nSPS) is 14.6. The van der Waals surface area contributed by atoms with E-state index in [0.717, 1.165) is 18.4 Å². The van der Waals surface area contributed by atoms with Gasteiger partial charge in [-0.05, 0) is 59.2 Å². The van der Waals surface area contributed by atoms with E-state index in [1.807, 2.05) is 12.1 Å². The first kappa shape index (κ1) is 17.2. The lowest BCUT2D eigenvalue weighted by Crippen LogP contribution is -2.27. The smallest absolute Gasteiger partial charge is 0.336 e. The predicted molar refractivity (Wildman–Crippen MR) is 97.6 cm³/mol. The number of nitrogens with one attached hydrogen (secondary N) is 2. The van der Waals surface area contributed by atoms with Crippen LogP contribution in [0.4, 0.5) is 5.69 Å². The molecule has 0 atom stereocenters. The Hall–Kier alpha value is -3.26. The van der Waals surface area contributed by atoms with Crippen LogP contribution in [0.15, 0.2) is 42.5 Å². The molecule has 3 aromatic rings. The Kier molecular flexibility index (Phi) is 4.12. The number of aromatic nitrogens is 4. The molecule has 2 aromatic carbocycles. The molecule has 1 amide bonds. The summed E-state index contributed by atoms with van der Waals surface area (Å²) in [7, 11) is 0. The SMILES string of the molecule is O=C(O)c1ccc(NC(=O)C2(c3cccc(Cl)c3)CC2)cc1-c1nnn[nH]1. The molecule has 1 aromatic heterocycles. The number of carboxylic acids is 1. The number of tetrazole rings is 1. The standard InChI is InChI=1S/C18H14ClN5O3/c19-11-3-1-2-10(8-11)18(6-7-18)17(27)20-12-4-5-13(16(25)26)14(9-12)15-21-23-24-22-15/h1-5,8-9H,6-7H2,(H,20,27)(H,25,26)(H,21,22,23,24). The number of amides is 1. The van der Waals surface area contributed by atoms with Crippen LogP contribution in [0.1, 0.15) is 28.8 Å². The Labute approximate surface area is 158 Å². The predicted octanol–water partition coefficient (Wildman–Crippen LogP) is 2.89. The summed E-state index contributed by atoms with van der Waals surface area (Å²) in [6.45, 7) is 0. The van der Waals surface area contributed by atoms with Crippen molar-refractivity contribution in [1.29, 1.82) is 0 Å². The van der Waals surface area contributed by atoms with Crippen molar-refractivity contribution in [2.75, 3.05) is 5.32 Å². The second-order valence-electron chi connectivity index (χ2n) is 6.36. The Morgan fingerprint density at radius 1 is 1.19 bits per heavy atom. The zero-order chi connectivity index (χ0) is 19.0. The molecule has 4 rings (SSSR count). The average molecular weight is 384 g/mol. The quantitative estimate of drug-likeness (QED) is 0.623. The van der Waals surface area contributed by atoms with Gasteiger partial charge in [-0.1, -0.05) is 23.7 Å². The zero-order valence-electron chi connectivity index (χ0n) is 13.9. The highest BCUT2D eigenvalue weighted by Crippen LogP contribution is 2.49. The molecule has 0 aliphatic heterocycles. The van der Waals surface area contributed by atoms with Gasteiger partial charge in [0.1, 0.15) is 0 Å². The van der Waals surface area contributed by atoms with Gasteiger partial charge in [0, 0.05) is 16.3 Å². The summed E-state index contributed by atoms with van der Waals surface area (Å²) >= 11 is 6.06. The molecule has 1 saturated carbocycles. The van der Waals surface area contributed by atoms with Gasteiger partial charge in [0.15, 0.2) is 5.82 Å². The maximum Gasteiger partial charge on any atom is 0.336 e. The lowest BCUT2D eigenvalue weighted by Gasteiger charge is -2.17. The Balaban J connectivity index is 1.64. The van der Waals surface area contributed by atoms with Gasteiger partial charge in [-0.3, -0.25) is 4.79 Å². The van der Waals surface area contributed by atoms with Gasteiger partial charge in [0.2, 0.25) is 5.91 Å². The molecular formula is C18H14ClN5O3. The maximum atomic E-state index is 12.9. The van der Waals surface area contributed by atoms with Crippen molar-refractivity contribution in [2.45, 2.75) is 18.3 Å². The molecular weight excluding hydrogens is 370 g/mol. The molecule has 0 unspecified atom stereocenters. The monoisotopic (exact) mass is 383 g/mol. The van der Waals surface area contributed by atoms with E-state index in [1.54, 1.807) is 18.2 Å². The van der Waals surface area contributed by atoms with E-state index in [4.69, 9.17) is 11.6 Å². The number of hydrogen-bond acceptors (Lipinski definition) is 5. The summed E-state index contributed by atoms with van der Waals surface area (Å²) in [4.78, 5) is 24.4. The van der Waals surface area contributed by atoms with E-state index < -0.39 is 11.4 Å². The number of aromatic amines is 1. The van der Waals surface area contributed by atoms with Crippen molar-refractivity contribution < 1.29 is 14.7 Å². The number of carbonyl (C=O) groups excluding carboxylic acids is 1. The number of benzene rings is 2. The van der Waals surface area contributed by atoms with E-state index in [-0.39, 0.29) is 22.9 Å². The molecule has 1 heterocycles. The van der Waals surface area contributed by atoms with Gasteiger partial charge in [0.25, 0.3) is 0 Å². The number of aromatic carboxylic acids is 1. The van der Waals surface area contributed by atoms with E-state index >= 15 is 0 Å². The third-order valence-corrected chi connectivity index (χ3v) is 4.91. The van der Waals surface area contributed by atoms with Crippen molar-refractivity contribution in [1.82, 2.24) is 20.6 Å². The number of nitrogens with zero attached hydrogens (tertiary/aromatic N) is 3. The second kappa shape index (κ2) is 6.48. The molecule has 9 heteroatoms. The fraction of sp³-hybridized carbons (Fsp3) is 0.167. The highest BCUT2D eigenvalue weighted by Gasteiger charge is 2.51. The van der Waals surface area contributed by atoms with Crippen LogP contribution in [-0.2, 0) is 10.2 Å². The lowest BCUT2D eigenvalue weighted by molar-refractivity contribution is -0.118. The Morgan fingerprint density at radius 3 is 2.63 bits per heavy atom. The van der Waals surface area contributed by atoms with Crippen LogP contribution in [0.25, 0.3) is 11.4 Å². The molecule has 8 nitrogen and oxygen atoms in total. The molecule has 0 saturated heterocycles. The number of carboxylic acid groups (broad SMARTS) is 1. The number of hydrogen-bond donors (Lipinski definition) is 3. The van der Waals surface area contributed by atoms with Gasteiger partial charge in [-0.15, -0.1) is 5.10 Å². The fourth-order valence-corrected chi connectivity index (χ4v) is 3.28. The third-order valence-electron chi connectivity index (χ3n) is 4.67. The van der Waals surface area contributed by atoms with Crippen LogP contribution in [0.3, 0.4) is 0 Å². The highest BCUT2D eigenvalue weighted by molar-refractivity contribution is 6.30. The Bertz CT molecular complexity index is 1030. The van der Waals surface area contributed by atoms with Crippen LogP contribution in [-0.4, -0.2) is 37.6 Å². The van der Waals surface area contributed by atoms with E-state index in [0.29, 0.717) is 10.7 Å². The van der Waals surface area contributed by atoms with Gasteiger partial charge in [0.05, 0.1) is 11.0 Å². The topological polar surface area (TPSA) is 121 Å². The van der Waals surface area contributed by atoms with E-state index in [2.05, 4.69) is 25.9 Å². The minimum Gasteiger partial charge on any atom is -0.478 e. The van der Waals surface area contributed by atoms with E-state index in [1.165, 1.54) is 12.1 Å². The lowest BCUT2D eigenvalue weighted by atomic mass is 9.94. The number of anilines is 1. The highest BCUT2D eigenvalue weighted by atomic mass is 35.5. The van der Waals surface area contributed by atoms with Gasteiger partial charge >= 0.3 is 5.97 Å². The molecule has 27 heavy (non-hydrogen) atoms. The van der Waals surface area contributed by atoms with Crippen molar-refractivity contribution >= 4 is 29.2 Å². The average Bonchev–Trinajstić information content (AvgIpc) is 3.29. The fourth-order valence-electron chi connectivity index (χ4n) is 3.09. The minimum absolute atomic E-state index is 0.0301. The van der Waals surface area contributed by atoms with Crippen LogP contribution in [0, 0.1) is 0 Å². The summed E-state index contributed by atoms with van der Waals surface area (Å²) in [5.41, 5.74) is 1.05. The van der Waals surface area contributed by atoms with Crippen LogP contribution in [0.5, 0.6) is 0 Å².